The van der Waals surface area contributed by atoms with Crippen LogP contribution in [0.15, 0.2) is 71.6 Å². The van der Waals surface area contributed by atoms with Crippen molar-refractivity contribution in [1.82, 2.24) is 4.31 Å². The lowest BCUT2D eigenvalue weighted by Gasteiger charge is -2.32. The molecular weight excluding hydrogens is 454 g/mol. The van der Waals surface area contributed by atoms with Gasteiger partial charge in [-0.3, -0.25) is 4.79 Å². The van der Waals surface area contributed by atoms with Crippen LogP contribution in [0.5, 0.6) is 5.75 Å². The minimum atomic E-state index is -3.60. The minimum absolute atomic E-state index is 0.185. The summed E-state index contributed by atoms with van der Waals surface area (Å²) in [7, 11) is -3.60. The Morgan fingerprint density at radius 1 is 1.06 bits per heavy atom. The molecule has 3 aromatic rings. The van der Waals surface area contributed by atoms with Gasteiger partial charge in [0.2, 0.25) is 15.9 Å². The first kappa shape index (κ1) is 24.2. The SMILES string of the molecule is CC(=O)Nc1ccc(S(=O)(=O)N2CC[NH+](C[C@@H](O)COc3ccc4ccccc4c3)CC2)cc1. The normalized spacial score (nSPS) is 16.3. The van der Waals surface area contributed by atoms with E-state index < -0.39 is 16.1 Å². The molecule has 1 aliphatic rings. The number of benzene rings is 3. The third-order valence-corrected chi connectivity index (χ3v) is 7.84. The van der Waals surface area contributed by atoms with E-state index >= 15 is 0 Å². The van der Waals surface area contributed by atoms with Crippen LogP contribution in [0, 0.1) is 0 Å². The first-order valence-electron chi connectivity index (χ1n) is 11.3. The van der Waals surface area contributed by atoms with Gasteiger partial charge in [0.15, 0.2) is 0 Å². The van der Waals surface area contributed by atoms with E-state index in [1.54, 1.807) is 12.1 Å². The molecule has 9 heteroatoms. The van der Waals surface area contributed by atoms with Crippen molar-refractivity contribution >= 4 is 32.4 Å². The molecule has 3 N–H and O–H groups in total. The van der Waals surface area contributed by atoms with Gasteiger partial charge in [0.05, 0.1) is 31.1 Å². The van der Waals surface area contributed by atoms with Crippen LogP contribution in [0.2, 0.25) is 0 Å². The zero-order valence-electron chi connectivity index (χ0n) is 19.1. The zero-order chi connectivity index (χ0) is 24.1. The number of nitrogens with zero attached hydrogens (tertiary/aromatic N) is 1. The third-order valence-electron chi connectivity index (χ3n) is 5.93. The number of ether oxygens (including phenoxy) is 1. The quantitative estimate of drug-likeness (QED) is 0.445. The van der Waals surface area contributed by atoms with Crippen LogP contribution >= 0.6 is 0 Å². The number of piperazine rings is 1. The second-order valence-corrected chi connectivity index (χ2v) is 10.5. The molecule has 0 aliphatic carbocycles. The highest BCUT2D eigenvalue weighted by atomic mass is 32.2. The molecule has 4 rings (SSSR count). The monoisotopic (exact) mass is 484 g/mol. The van der Waals surface area contributed by atoms with Gasteiger partial charge < -0.3 is 20.1 Å². The maximum atomic E-state index is 13.0. The fourth-order valence-electron chi connectivity index (χ4n) is 4.15. The summed E-state index contributed by atoms with van der Waals surface area (Å²) in [4.78, 5) is 12.5. The van der Waals surface area contributed by atoms with E-state index in [0.717, 1.165) is 15.7 Å². The summed E-state index contributed by atoms with van der Waals surface area (Å²) in [6.07, 6.45) is -0.647. The highest BCUT2D eigenvalue weighted by molar-refractivity contribution is 7.89. The van der Waals surface area contributed by atoms with Crippen LogP contribution in [0.3, 0.4) is 0 Å². The van der Waals surface area contributed by atoms with Gasteiger partial charge in [0, 0.05) is 12.6 Å². The molecule has 1 atom stereocenters. The number of hydrogen-bond acceptors (Lipinski definition) is 5. The second-order valence-electron chi connectivity index (χ2n) is 8.54. The standard InChI is InChI=1S/C25H29N3O5S/c1-19(29)26-22-7-10-25(11-8-22)34(31,32)28-14-12-27(13-15-28)17-23(30)18-33-24-9-6-20-4-2-3-5-21(20)16-24/h2-11,16,23,30H,12-15,17-18H2,1H3,(H,26,29)/p+1/t23-/m1/s1. The fraction of sp³-hybridized carbons (Fsp3) is 0.320. The van der Waals surface area contributed by atoms with Crippen LogP contribution in [0.1, 0.15) is 6.92 Å². The maximum absolute atomic E-state index is 13.0. The van der Waals surface area contributed by atoms with Gasteiger partial charge in [-0.2, -0.15) is 4.31 Å². The van der Waals surface area contributed by atoms with Crippen molar-refractivity contribution in [1.29, 1.82) is 0 Å². The predicted molar refractivity (Wildman–Crippen MR) is 131 cm³/mol. The second kappa shape index (κ2) is 10.5. The number of carbonyl (C=O) groups is 1. The highest BCUT2D eigenvalue weighted by Gasteiger charge is 2.31. The molecule has 0 spiro atoms. The number of aliphatic hydroxyl groups is 1. The molecule has 0 bridgehead atoms. The van der Waals surface area contributed by atoms with Crippen LogP contribution < -0.4 is 15.0 Å². The number of nitrogens with one attached hydrogen (secondary N) is 2. The molecule has 0 aromatic heterocycles. The van der Waals surface area contributed by atoms with Crippen LogP contribution in [-0.2, 0) is 14.8 Å². The van der Waals surface area contributed by atoms with E-state index in [1.165, 1.54) is 23.4 Å². The average molecular weight is 485 g/mol. The topological polar surface area (TPSA) is 100 Å². The van der Waals surface area contributed by atoms with Crippen molar-refractivity contribution in [2.45, 2.75) is 17.9 Å². The van der Waals surface area contributed by atoms with Crippen molar-refractivity contribution in [2.24, 2.45) is 0 Å². The van der Waals surface area contributed by atoms with Crippen molar-refractivity contribution in [2.75, 3.05) is 44.6 Å². The van der Waals surface area contributed by atoms with Gasteiger partial charge in [-0.25, -0.2) is 8.42 Å². The molecular formula is C25H30N3O5S+. The Hall–Kier alpha value is -2.98. The average Bonchev–Trinajstić information content (AvgIpc) is 2.83. The van der Waals surface area contributed by atoms with E-state index in [-0.39, 0.29) is 17.4 Å². The number of aliphatic hydroxyl groups excluding tert-OH is 1. The summed E-state index contributed by atoms with van der Waals surface area (Å²) in [5.74, 6) is 0.507. The molecule has 8 nitrogen and oxygen atoms in total. The molecule has 3 aromatic carbocycles. The molecule has 1 aliphatic heterocycles. The maximum Gasteiger partial charge on any atom is 0.243 e. The summed E-state index contributed by atoms with van der Waals surface area (Å²) in [6.45, 7) is 4.05. The van der Waals surface area contributed by atoms with E-state index in [1.807, 2.05) is 42.5 Å². The Kier molecular flexibility index (Phi) is 7.47. The smallest absolute Gasteiger partial charge is 0.243 e. The number of carbonyl (C=O) groups excluding carboxylic acids is 1. The zero-order valence-corrected chi connectivity index (χ0v) is 19.9. The van der Waals surface area contributed by atoms with Crippen LogP contribution in [0.25, 0.3) is 10.8 Å². The molecule has 1 fully saturated rings. The largest absolute Gasteiger partial charge is 0.491 e. The molecule has 0 radical (unpaired) electrons. The number of fused-ring (bicyclic) bond motifs is 1. The molecule has 180 valence electrons. The number of amides is 1. The van der Waals surface area contributed by atoms with E-state index in [9.17, 15) is 18.3 Å². The summed E-state index contributed by atoms with van der Waals surface area (Å²) in [6, 6.07) is 20.1. The van der Waals surface area contributed by atoms with Gasteiger partial charge in [-0.15, -0.1) is 0 Å². The highest BCUT2D eigenvalue weighted by Crippen LogP contribution is 2.21. The Morgan fingerprint density at radius 2 is 1.74 bits per heavy atom. The third kappa shape index (κ3) is 5.92. The van der Waals surface area contributed by atoms with Crippen molar-refractivity contribution in [3.63, 3.8) is 0 Å². The van der Waals surface area contributed by atoms with Crippen LogP contribution in [-0.4, -0.2) is 69.2 Å². The first-order chi connectivity index (χ1) is 16.3. The van der Waals surface area contributed by atoms with E-state index in [2.05, 4.69) is 5.32 Å². The van der Waals surface area contributed by atoms with Gasteiger partial charge in [0.1, 0.15) is 25.0 Å². The number of anilines is 1. The van der Waals surface area contributed by atoms with Crippen LogP contribution in [0.4, 0.5) is 5.69 Å². The van der Waals surface area contributed by atoms with Gasteiger partial charge >= 0.3 is 0 Å². The number of hydrogen-bond donors (Lipinski definition) is 3. The van der Waals surface area contributed by atoms with Gasteiger partial charge in [-0.05, 0) is 47.2 Å². The molecule has 1 saturated heterocycles. The summed E-state index contributed by atoms with van der Waals surface area (Å²) in [5, 5.41) is 15.3. The van der Waals surface area contributed by atoms with E-state index in [4.69, 9.17) is 4.74 Å². The first-order valence-corrected chi connectivity index (χ1v) is 12.8. The predicted octanol–water partition coefficient (Wildman–Crippen LogP) is 1.13. The number of quaternary nitrogens is 1. The minimum Gasteiger partial charge on any atom is -0.491 e. The molecule has 1 amide bonds. The Labute approximate surface area is 199 Å². The lowest BCUT2D eigenvalue weighted by Crippen LogP contribution is -3.15. The lowest BCUT2D eigenvalue weighted by molar-refractivity contribution is -0.906. The molecule has 0 unspecified atom stereocenters. The molecule has 0 saturated carbocycles. The summed E-state index contributed by atoms with van der Waals surface area (Å²) < 4.78 is 33.2. The Bertz CT molecular complexity index is 1240. The van der Waals surface area contributed by atoms with Crippen molar-refractivity contribution in [3.8, 4) is 5.75 Å². The van der Waals surface area contributed by atoms with Gasteiger partial charge in [0.25, 0.3) is 0 Å². The Balaban J connectivity index is 1.26. The Morgan fingerprint density at radius 3 is 2.41 bits per heavy atom. The lowest BCUT2D eigenvalue weighted by atomic mass is 10.1. The number of sulfonamides is 1. The van der Waals surface area contributed by atoms with E-state index in [0.29, 0.717) is 44.2 Å². The van der Waals surface area contributed by atoms with Gasteiger partial charge in [-0.1, -0.05) is 30.3 Å². The molecule has 1 heterocycles. The summed E-state index contributed by atoms with van der Waals surface area (Å²) in [5.41, 5.74) is 0.556. The number of rotatable bonds is 8. The summed E-state index contributed by atoms with van der Waals surface area (Å²) >= 11 is 0. The van der Waals surface area contributed by atoms with Crippen molar-refractivity contribution < 1.29 is 28.0 Å². The molecule has 34 heavy (non-hydrogen) atoms. The fourth-order valence-corrected chi connectivity index (χ4v) is 5.59. The van der Waals surface area contributed by atoms with Crippen molar-refractivity contribution in [3.05, 3.63) is 66.7 Å².